The number of anilines is 1. The highest BCUT2D eigenvalue weighted by Gasteiger charge is 2.30. The van der Waals surface area contributed by atoms with E-state index in [0.717, 1.165) is 17.2 Å². The Morgan fingerprint density at radius 2 is 1.78 bits per heavy atom. The molecule has 3 aromatic carbocycles. The van der Waals surface area contributed by atoms with Crippen molar-refractivity contribution in [2.24, 2.45) is 7.05 Å². The number of hydrogen-bond donors (Lipinski definition) is 2. The first-order valence-electron chi connectivity index (χ1n) is 11.2. The molecule has 4 aromatic rings. The highest BCUT2D eigenvalue weighted by Crippen LogP contribution is 2.39. The number of halogens is 1. The van der Waals surface area contributed by atoms with Crippen LogP contribution in [0.3, 0.4) is 0 Å². The van der Waals surface area contributed by atoms with E-state index in [-0.39, 0.29) is 17.4 Å². The van der Waals surface area contributed by atoms with Gasteiger partial charge in [-0.1, -0.05) is 61.5 Å². The summed E-state index contributed by atoms with van der Waals surface area (Å²) in [5.74, 6) is -2.84. The van der Waals surface area contributed by atoms with Crippen molar-refractivity contribution in [3.63, 3.8) is 0 Å². The summed E-state index contributed by atoms with van der Waals surface area (Å²) in [6.45, 7) is 1.85. The maximum Gasteiger partial charge on any atom is 0.296 e. The van der Waals surface area contributed by atoms with Crippen molar-refractivity contribution in [1.82, 2.24) is 9.55 Å². The molecule has 4 rings (SSSR count). The van der Waals surface area contributed by atoms with E-state index in [2.05, 4.69) is 16.4 Å². The van der Waals surface area contributed by atoms with Crippen LogP contribution >= 0.6 is 0 Å². The van der Waals surface area contributed by atoms with Crippen LogP contribution in [-0.4, -0.2) is 20.6 Å². The molecule has 2 unspecified atom stereocenters. The van der Waals surface area contributed by atoms with Crippen molar-refractivity contribution in [3.05, 3.63) is 123 Å². The van der Waals surface area contributed by atoms with E-state index in [9.17, 15) is 24.3 Å². The first kappa shape index (κ1) is 24.4. The quantitative estimate of drug-likeness (QED) is 0.415. The lowest BCUT2D eigenvalue weighted by atomic mass is 9.79. The number of carbonyl (C=O) groups excluding carboxylic acids is 1. The monoisotopic (exact) mass is 482 g/mol. The van der Waals surface area contributed by atoms with Crippen LogP contribution in [0.4, 0.5) is 10.1 Å². The van der Waals surface area contributed by atoms with E-state index in [0.29, 0.717) is 5.56 Å². The maximum absolute atomic E-state index is 13.6. The van der Waals surface area contributed by atoms with Crippen LogP contribution in [0, 0.1) is 17.1 Å². The van der Waals surface area contributed by atoms with Gasteiger partial charge in [-0.15, -0.1) is 0 Å². The minimum absolute atomic E-state index is 0.154. The Labute approximate surface area is 207 Å². The van der Waals surface area contributed by atoms with Gasteiger partial charge in [-0.25, -0.2) is 9.37 Å². The van der Waals surface area contributed by atoms with Gasteiger partial charge in [0.15, 0.2) is 5.69 Å². The van der Waals surface area contributed by atoms with E-state index in [1.807, 2.05) is 49.4 Å². The van der Waals surface area contributed by atoms with Gasteiger partial charge >= 0.3 is 0 Å². The summed E-state index contributed by atoms with van der Waals surface area (Å²) in [4.78, 5) is 30.3. The van der Waals surface area contributed by atoms with Crippen molar-refractivity contribution in [2.45, 2.75) is 18.8 Å². The maximum atomic E-state index is 13.6. The average molecular weight is 483 g/mol. The predicted octanol–water partition coefficient (Wildman–Crippen LogP) is 4.68. The lowest BCUT2D eigenvalue weighted by Gasteiger charge is -2.27. The number of nitriles is 1. The molecule has 0 fully saturated rings. The fourth-order valence-corrected chi connectivity index (χ4v) is 4.35. The van der Waals surface area contributed by atoms with Crippen molar-refractivity contribution in [3.8, 4) is 11.8 Å². The molecule has 8 heteroatoms. The van der Waals surface area contributed by atoms with Gasteiger partial charge in [0.05, 0.1) is 11.6 Å². The molecule has 2 atom stereocenters. The molecule has 1 heterocycles. The van der Waals surface area contributed by atoms with Crippen LogP contribution in [0.25, 0.3) is 0 Å². The molecule has 0 radical (unpaired) electrons. The molecule has 1 amide bonds. The van der Waals surface area contributed by atoms with Gasteiger partial charge in [-0.3, -0.25) is 14.2 Å². The third-order valence-electron chi connectivity index (χ3n) is 6.08. The standard InChI is InChI=1S/C28H23FN4O3/c1-17(23(18-9-4-3-5-10-18)22-14-7-6-11-19(22)16-30)26-32-24(25(34)28(36)33(26)2)27(35)31-21-13-8-12-20(29)15-21/h3-15,17,23,34H,1-2H3,(H,31,35). The van der Waals surface area contributed by atoms with Gasteiger partial charge < -0.3 is 10.4 Å². The first-order chi connectivity index (χ1) is 17.3. The second kappa shape index (κ2) is 10.2. The zero-order chi connectivity index (χ0) is 25.8. The van der Waals surface area contributed by atoms with E-state index in [1.165, 1.54) is 29.8 Å². The summed E-state index contributed by atoms with van der Waals surface area (Å²) in [5, 5.41) is 22.7. The van der Waals surface area contributed by atoms with Gasteiger partial charge in [-0.05, 0) is 35.4 Å². The number of nitrogens with zero attached hydrogens (tertiary/aromatic N) is 3. The van der Waals surface area contributed by atoms with Crippen LogP contribution in [0.15, 0.2) is 83.7 Å². The second-order valence-corrected chi connectivity index (χ2v) is 8.37. The summed E-state index contributed by atoms with van der Waals surface area (Å²) in [7, 11) is 1.47. The minimum atomic E-state index is -0.849. The van der Waals surface area contributed by atoms with Gasteiger partial charge in [0.2, 0.25) is 5.75 Å². The number of amides is 1. The number of aromatic hydroxyl groups is 1. The van der Waals surface area contributed by atoms with E-state index in [4.69, 9.17) is 0 Å². The van der Waals surface area contributed by atoms with E-state index >= 15 is 0 Å². The SMILES string of the molecule is CC(c1nc(C(=O)Nc2cccc(F)c2)c(O)c(=O)n1C)C(c1ccccc1)c1ccccc1C#N. The summed E-state index contributed by atoms with van der Waals surface area (Å²) in [5.41, 5.74) is 1.00. The highest BCUT2D eigenvalue weighted by atomic mass is 19.1. The molecule has 0 bridgehead atoms. The van der Waals surface area contributed by atoms with Crippen LogP contribution in [0.1, 0.15) is 51.8 Å². The normalized spacial score (nSPS) is 12.4. The van der Waals surface area contributed by atoms with Crippen molar-refractivity contribution in [2.75, 3.05) is 5.32 Å². The number of carbonyl (C=O) groups is 1. The molecule has 0 aliphatic rings. The van der Waals surface area contributed by atoms with E-state index in [1.54, 1.807) is 12.1 Å². The Kier molecular flexibility index (Phi) is 6.93. The Morgan fingerprint density at radius 1 is 1.08 bits per heavy atom. The summed E-state index contributed by atoms with van der Waals surface area (Å²) in [6.07, 6.45) is 0. The Bertz CT molecular complexity index is 1530. The topological polar surface area (TPSA) is 108 Å². The summed E-state index contributed by atoms with van der Waals surface area (Å²) in [6, 6.07) is 24.1. The van der Waals surface area contributed by atoms with Crippen LogP contribution in [0.5, 0.6) is 5.75 Å². The third-order valence-corrected chi connectivity index (χ3v) is 6.08. The lowest BCUT2D eigenvalue weighted by molar-refractivity contribution is 0.101. The third kappa shape index (κ3) is 4.72. The molecule has 180 valence electrons. The van der Waals surface area contributed by atoms with Crippen molar-refractivity contribution < 1.29 is 14.3 Å². The molecular formula is C28H23FN4O3. The molecule has 0 spiro atoms. The predicted molar refractivity (Wildman–Crippen MR) is 133 cm³/mol. The molecule has 0 saturated heterocycles. The fourth-order valence-electron chi connectivity index (χ4n) is 4.35. The number of rotatable bonds is 6. The van der Waals surface area contributed by atoms with Gasteiger partial charge in [0.25, 0.3) is 11.5 Å². The molecule has 2 N–H and O–H groups in total. The molecule has 7 nitrogen and oxygen atoms in total. The zero-order valence-corrected chi connectivity index (χ0v) is 19.6. The summed E-state index contributed by atoms with van der Waals surface area (Å²) < 4.78 is 14.8. The summed E-state index contributed by atoms with van der Waals surface area (Å²) >= 11 is 0. The zero-order valence-electron chi connectivity index (χ0n) is 19.6. The molecular weight excluding hydrogens is 459 g/mol. The van der Waals surface area contributed by atoms with Crippen LogP contribution < -0.4 is 10.9 Å². The van der Waals surface area contributed by atoms with Crippen molar-refractivity contribution >= 4 is 11.6 Å². The number of hydrogen-bond acceptors (Lipinski definition) is 5. The second-order valence-electron chi connectivity index (χ2n) is 8.37. The molecule has 36 heavy (non-hydrogen) atoms. The molecule has 0 saturated carbocycles. The molecule has 1 aromatic heterocycles. The lowest BCUT2D eigenvalue weighted by Crippen LogP contribution is -2.29. The Hall–Kier alpha value is -4.77. The number of benzene rings is 3. The largest absolute Gasteiger partial charge is 0.501 e. The van der Waals surface area contributed by atoms with Crippen LogP contribution in [-0.2, 0) is 7.05 Å². The highest BCUT2D eigenvalue weighted by molar-refractivity contribution is 6.04. The van der Waals surface area contributed by atoms with Gasteiger partial charge in [-0.2, -0.15) is 5.26 Å². The number of nitrogens with one attached hydrogen (secondary N) is 1. The first-order valence-corrected chi connectivity index (χ1v) is 11.2. The van der Waals surface area contributed by atoms with Gasteiger partial charge in [0.1, 0.15) is 11.6 Å². The molecule has 0 aliphatic carbocycles. The van der Waals surface area contributed by atoms with Crippen molar-refractivity contribution in [1.29, 1.82) is 5.26 Å². The Morgan fingerprint density at radius 3 is 2.47 bits per heavy atom. The minimum Gasteiger partial charge on any atom is -0.501 e. The number of aromatic nitrogens is 2. The smallest absolute Gasteiger partial charge is 0.296 e. The van der Waals surface area contributed by atoms with E-state index < -0.39 is 34.6 Å². The average Bonchev–Trinajstić information content (AvgIpc) is 2.88. The fraction of sp³-hybridized carbons (Fsp3) is 0.143. The molecule has 0 aliphatic heterocycles. The van der Waals surface area contributed by atoms with Gasteiger partial charge in [0, 0.05) is 24.6 Å². The Balaban J connectivity index is 1.84. The van der Waals surface area contributed by atoms with Crippen LogP contribution in [0.2, 0.25) is 0 Å².